The summed E-state index contributed by atoms with van der Waals surface area (Å²) in [6.07, 6.45) is 5.67. The first-order chi connectivity index (χ1) is 16.8. The van der Waals surface area contributed by atoms with Gasteiger partial charge in [0.25, 0.3) is 0 Å². The van der Waals surface area contributed by atoms with Crippen molar-refractivity contribution >= 4 is 51.2 Å². The van der Waals surface area contributed by atoms with Gasteiger partial charge in [0.05, 0.1) is 6.26 Å². The highest BCUT2D eigenvalue weighted by atomic mass is 32.2. The molecule has 11 nitrogen and oxygen atoms in total. The molecule has 186 valence electrons. The molecule has 3 aliphatic rings. The van der Waals surface area contributed by atoms with Crippen molar-refractivity contribution in [2.24, 2.45) is 11.0 Å². The van der Waals surface area contributed by atoms with Crippen LogP contribution in [0.4, 0.5) is 17.3 Å². The van der Waals surface area contributed by atoms with Crippen LogP contribution in [-0.4, -0.2) is 73.4 Å². The minimum atomic E-state index is -3.21. The van der Waals surface area contributed by atoms with Crippen molar-refractivity contribution in [3.05, 3.63) is 30.3 Å². The molecule has 0 radical (unpaired) electrons. The number of hydrogen-bond donors (Lipinski definition) is 3. The smallest absolute Gasteiger partial charge is 0.227 e. The Balaban J connectivity index is 1.31. The molecule has 2 aliphatic heterocycles. The van der Waals surface area contributed by atoms with Gasteiger partial charge in [0.1, 0.15) is 17.8 Å². The van der Waals surface area contributed by atoms with E-state index in [0.29, 0.717) is 37.2 Å². The van der Waals surface area contributed by atoms with Crippen molar-refractivity contribution < 1.29 is 13.2 Å². The molecule has 1 unspecified atom stereocenters. The van der Waals surface area contributed by atoms with Crippen molar-refractivity contribution in [3.8, 4) is 0 Å². The van der Waals surface area contributed by atoms with Crippen LogP contribution in [0.25, 0.3) is 0 Å². The number of benzene rings is 1. The second kappa shape index (κ2) is 9.99. The van der Waals surface area contributed by atoms with Crippen LogP contribution in [0.15, 0.2) is 45.5 Å². The van der Waals surface area contributed by atoms with Crippen molar-refractivity contribution in [2.75, 3.05) is 48.0 Å². The minimum Gasteiger partial charge on any atom is -0.354 e. The van der Waals surface area contributed by atoms with Crippen LogP contribution in [0.5, 0.6) is 0 Å². The van der Waals surface area contributed by atoms with Crippen LogP contribution in [-0.2, 0) is 14.8 Å². The average Bonchev–Trinajstić information content (AvgIpc) is 3.57. The van der Waals surface area contributed by atoms with E-state index in [4.69, 9.17) is 4.98 Å². The van der Waals surface area contributed by atoms with E-state index in [-0.39, 0.29) is 18.0 Å². The molecule has 0 bridgehead atoms. The van der Waals surface area contributed by atoms with Crippen LogP contribution in [0.3, 0.4) is 0 Å². The van der Waals surface area contributed by atoms with Gasteiger partial charge in [-0.2, -0.15) is 9.41 Å². The fourth-order valence-corrected chi connectivity index (χ4v) is 5.46. The Kier molecular flexibility index (Phi) is 6.80. The molecular weight excluding hydrogens is 488 g/mol. The molecule has 35 heavy (non-hydrogen) atoms. The molecule has 1 amide bonds. The Labute approximate surface area is 208 Å². The van der Waals surface area contributed by atoms with E-state index in [0.717, 1.165) is 35.7 Å². The lowest BCUT2D eigenvalue weighted by molar-refractivity contribution is -0.117. The highest BCUT2D eigenvalue weighted by Crippen LogP contribution is 2.32. The second-order valence-electron chi connectivity index (χ2n) is 8.81. The maximum atomic E-state index is 12.0. The van der Waals surface area contributed by atoms with Gasteiger partial charge in [-0.15, -0.1) is 0 Å². The lowest BCUT2D eigenvalue weighted by Gasteiger charge is -2.34. The number of carbonyl (C=O) groups is 1. The molecule has 2 aromatic rings. The molecule has 1 aliphatic carbocycles. The zero-order valence-electron chi connectivity index (χ0n) is 19.3. The van der Waals surface area contributed by atoms with Gasteiger partial charge in [0.2, 0.25) is 15.9 Å². The summed E-state index contributed by atoms with van der Waals surface area (Å²) in [4.78, 5) is 24.5. The predicted octanol–water partition coefficient (Wildman–Crippen LogP) is 1.77. The number of carbonyl (C=O) groups excluding carboxylic acids is 1. The summed E-state index contributed by atoms with van der Waals surface area (Å²) < 4.78 is 25.2. The predicted molar refractivity (Wildman–Crippen MR) is 136 cm³/mol. The molecule has 3 heterocycles. The van der Waals surface area contributed by atoms with Gasteiger partial charge in [-0.25, -0.2) is 18.4 Å². The summed E-state index contributed by atoms with van der Waals surface area (Å²) in [5, 5.41) is 10.9. The molecule has 1 aromatic carbocycles. The fourth-order valence-electron chi connectivity index (χ4n) is 3.87. The highest BCUT2D eigenvalue weighted by Gasteiger charge is 2.29. The number of hydrogen-bond acceptors (Lipinski definition) is 10. The molecule has 1 atom stereocenters. The molecule has 5 rings (SSSR count). The number of hydrazone groups is 1. The first kappa shape index (κ1) is 23.8. The Morgan fingerprint density at radius 2 is 1.86 bits per heavy atom. The van der Waals surface area contributed by atoms with Crippen molar-refractivity contribution in [3.63, 3.8) is 0 Å². The summed E-state index contributed by atoms with van der Waals surface area (Å²) >= 11 is 1.43. The number of rotatable bonds is 8. The summed E-state index contributed by atoms with van der Waals surface area (Å²) in [6, 6.07) is 9.53. The first-order valence-corrected chi connectivity index (χ1v) is 14.2. The third-order valence-electron chi connectivity index (χ3n) is 5.99. The standard InChI is InChI=1S/C22H28N8O3S2/c1-35(32,33)30-12-10-29(11-13-30)20-14-19(25-18-8-9-23-28-18)26-22(27-20)34-17-6-4-16(5-7-17)24-21(31)15-2-3-15/h4-7,9,14-15,18,28H,2-3,8,10-13H2,1H3,(H,24,31)(H,25,26,27). The summed E-state index contributed by atoms with van der Waals surface area (Å²) in [6.45, 7) is 1.93. The molecule has 2 fully saturated rings. The monoisotopic (exact) mass is 516 g/mol. The zero-order chi connectivity index (χ0) is 24.4. The van der Waals surface area contributed by atoms with E-state index >= 15 is 0 Å². The number of nitrogens with one attached hydrogen (secondary N) is 3. The van der Waals surface area contributed by atoms with Gasteiger partial charge in [-0.3, -0.25) is 10.2 Å². The van der Waals surface area contributed by atoms with Gasteiger partial charge >= 0.3 is 0 Å². The third kappa shape index (κ3) is 6.21. The SMILES string of the molecule is CS(=O)(=O)N1CCN(c2cc(NC3CC=NN3)nc(Sc3ccc(NC(=O)C4CC4)cc3)n2)CC1. The number of anilines is 3. The van der Waals surface area contributed by atoms with E-state index in [1.807, 2.05) is 36.5 Å². The molecule has 0 spiro atoms. The van der Waals surface area contributed by atoms with Crippen LogP contribution in [0.2, 0.25) is 0 Å². The largest absolute Gasteiger partial charge is 0.354 e. The fraction of sp³-hybridized carbons (Fsp3) is 0.455. The first-order valence-electron chi connectivity index (χ1n) is 11.5. The third-order valence-corrected chi connectivity index (χ3v) is 8.16. The van der Waals surface area contributed by atoms with Crippen LogP contribution in [0.1, 0.15) is 19.3 Å². The van der Waals surface area contributed by atoms with E-state index in [2.05, 4.69) is 31.0 Å². The van der Waals surface area contributed by atoms with Gasteiger partial charge in [-0.1, -0.05) is 0 Å². The Hall–Kier alpha value is -2.90. The highest BCUT2D eigenvalue weighted by molar-refractivity contribution is 7.99. The topological polar surface area (TPSA) is 132 Å². The summed E-state index contributed by atoms with van der Waals surface area (Å²) in [5.74, 6) is 1.65. The Morgan fingerprint density at radius 1 is 1.11 bits per heavy atom. The molecule has 1 saturated carbocycles. The van der Waals surface area contributed by atoms with Crippen LogP contribution >= 0.6 is 11.8 Å². The second-order valence-corrected chi connectivity index (χ2v) is 11.8. The van der Waals surface area contributed by atoms with Crippen molar-refractivity contribution in [2.45, 2.75) is 35.5 Å². The number of piperazine rings is 1. The number of amides is 1. The van der Waals surface area contributed by atoms with E-state index in [9.17, 15) is 13.2 Å². The summed E-state index contributed by atoms with van der Waals surface area (Å²) in [7, 11) is -3.21. The van der Waals surface area contributed by atoms with Gasteiger partial charge in [0, 0.05) is 61.4 Å². The molecule has 13 heteroatoms. The maximum absolute atomic E-state index is 12.0. The van der Waals surface area contributed by atoms with Gasteiger partial charge in [0.15, 0.2) is 5.16 Å². The van der Waals surface area contributed by atoms with Crippen LogP contribution < -0.4 is 21.0 Å². The number of aromatic nitrogens is 2. The van der Waals surface area contributed by atoms with E-state index in [1.165, 1.54) is 22.3 Å². The molecule has 1 aromatic heterocycles. The maximum Gasteiger partial charge on any atom is 0.227 e. The molecule has 1 saturated heterocycles. The number of nitrogens with zero attached hydrogens (tertiary/aromatic N) is 5. The van der Waals surface area contributed by atoms with E-state index in [1.54, 1.807) is 0 Å². The van der Waals surface area contributed by atoms with Crippen LogP contribution in [0, 0.1) is 5.92 Å². The molecule has 3 N–H and O–H groups in total. The normalized spacial score (nSPS) is 20.5. The minimum absolute atomic E-state index is 0.0490. The lowest BCUT2D eigenvalue weighted by atomic mass is 10.3. The van der Waals surface area contributed by atoms with E-state index < -0.39 is 10.0 Å². The van der Waals surface area contributed by atoms with Gasteiger partial charge in [-0.05, 0) is 48.9 Å². The molecular formula is C22H28N8O3S2. The van der Waals surface area contributed by atoms with Crippen molar-refractivity contribution in [1.29, 1.82) is 0 Å². The Bertz CT molecular complexity index is 1200. The quantitative estimate of drug-likeness (QED) is 0.449. The lowest BCUT2D eigenvalue weighted by Crippen LogP contribution is -2.48. The Morgan fingerprint density at radius 3 is 2.49 bits per heavy atom. The average molecular weight is 517 g/mol. The zero-order valence-corrected chi connectivity index (χ0v) is 21.0. The summed E-state index contributed by atoms with van der Waals surface area (Å²) in [5.41, 5.74) is 3.78. The number of sulfonamides is 1. The van der Waals surface area contributed by atoms with Gasteiger partial charge < -0.3 is 15.5 Å². The van der Waals surface area contributed by atoms with Crippen molar-refractivity contribution in [1.82, 2.24) is 19.7 Å².